The number of amides is 1. The molecule has 0 radical (unpaired) electrons. The maximum absolute atomic E-state index is 13.0. The number of piperidine rings is 1. The Hall–Kier alpha value is -2.22. The fraction of sp³-hybridized carbons (Fsp3) is 0.412. The molecule has 3 rings (SSSR count). The molecular formula is C17H20FN3O3S. The zero-order chi connectivity index (χ0) is 18.0. The molecule has 8 heteroatoms. The Morgan fingerprint density at radius 3 is 2.44 bits per heavy atom. The van der Waals surface area contributed by atoms with E-state index < -0.39 is 9.84 Å². The van der Waals surface area contributed by atoms with E-state index >= 15 is 0 Å². The fourth-order valence-electron chi connectivity index (χ4n) is 3.01. The third kappa shape index (κ3) is 4.25. The average molecular weight is 365 g/mol. The van der Waals surface area contributed by atoms with Crippen molar-refractivity contribution in [1.82, 2.24) is 14.7 Å². The molecule has 1 aliphatic heterocycles. The van der Waals surface area contributed by atoms with Crippen molar-refractivity contribution in [2.75, 3.05) is 19.3 Å². The number of sulfone groups is 1. The van der Waals surface area contributed by atoms with E-state index in [1.54, 1.807) is 34.1 Å². The van der Waals surface area contributed by atoms with E-state index in [4.69, 9.17) is 0 Å². The monoisotopic (exact) mass is 365 g/mol. The zero-order valence-electron chi connectivity index (χ0n) is 13.9. The molecular weight excluding hydrogens is 345 g/mol. The van der Waals surface area contributed by atoms with Crippen molar-refractivity contribution < 1.29 is 17.6 Å². The predicted octanol–water partition coefficient (Wildman–Crippen LogP) is 1.72. The second kappa shape index (κ2) is 6.95. The molecule has 6 nitrogen and oxygen atoms in total. The highest BCUT2D eigenvalue weighted by molar-refractivity contribution is 7.91. The number of carbonyl (C=O) groups is 1. The topological polar surface area (TPSA) is 72.3 Å². The first kappa shape index (κ1) is 17.6. The number of carbonyl (C=O) groups excluding carboxylic acids is 1. The summed E-state index contributed by atoms with van der Waals surface area (Å²) in [6.45, 7) is 0.996. The van der Waals surface area contributed by atoms with Crippen molar-refractivity contribution in [3.05, 3.63) is 42.5 Å². The molecule has 1 saturated heterocycles. The van der Waals surface area contributed by atoms with Gasteiger partial charge in [-0.15, -0.1) is 0 Å². The summed E-state index contributed by atoms with van der Waals surface area (Å²) in [6.07, 6.45) is 5.58. The third-order valence-electron chi connectivity index (χ3n) is 4.51. The van der Waals surface area contributed by atoms with Gasteiger partial charge in [-0.05, 0) is 30.5 Å². The first-order chi connectivity index (χ1) is 11.8. The first-order valence-corrected chi connectivity index (χ1v) is 10.0. The van der Waals surface area contributed by atoms with Gasteiger partial charge in [0.25, 0.3) is 0 Å². The third-order valence-corrected chi connectivity index (χ3v) is 6.19. The zero-order valence-corrected chi connectivity index (χ0v) is 14.7. The van der Waals surface area contributed by atoms with Crippen LogP contribution in [0.1, 0.15) is 12.8 Å². The van der Waals surface area contributed by atoms with Gasteiger partial charge in [-0.25, -0.2) is 12.8 Å². The standard InChI is InChI=1S/C17H20FN3O3S/c1-25(23,24)16-6-8-20(9-7-16)17(22)12-21-11-14(10-19-21)13-2-4-15(18)5-3-13/h2-5,10-11,16H,6-9,12H2,1H3. The summed E-state index contributed by atoms with van der Waals surface area (Å²) in [5.74, 6) is -0.385. The second-order valence-corrected chi connectivity index (χ2v) is 8.67. The van der Waals surface area contributed by atoms with Crippen molar-refractivity contribution in [2.45, 2.75) is 24.6 Å². The number of benzene rings is 1. The molecule has 0 spiro atoms. The SMILES string of the molecule is CS(=O)(=O)C1CCN(C(=O)Cn2cc(-c3ccc(F)cc3)cn2)CC1. The lowest BCUT2D eigenvalue weighted by atomic mass is 10.1. The van der Waals surface area contributed by atoms with Gasteiger partial charge in [0.2, 0.25) is 5.91 Å². The molecule has 0 aliphatic carbocycles. The highest BCUT2D eigenvalue weighted by atomic mass is 32.2. The van der Waals surface area contributed by atoms with Gasteiger partial charge in [0.1, 0.15) is 22.2 Å². The summed E-state index contributed by atoms with van der Waals surface area (Å²) in [6, 6.07) is 6.08. The number of rotatable bonds is 4. The van der Waals surface area contributed by atoms with Crippen LogP contribution >= 0.6 is 0 Å². The molecule has 0 atom stereocenters. The summed E-state index contributed by atoms with van der Waals surface area (Å²) in [7, 11) is -3.05. The highest BCUT2D eigenvalue weighted by Gasteiger charge is 2.28. The molecule has 134 valence electrons. The van der Waals surface area contributed by atoms with E-state index in [9.17, 15) is 17.6 Å². The summed E-state index contributed by atoms with van der Waals surface area (Å²) < 4.78 is 37.7. The van der Waals surface area contributed by atoms with Crippen LogP contribution in [0.3, 0.4) is 0 Å². The minimum absolute atomic E-state index is 0.0827. The smallest absolute Gasteiger partial charge is 0.244 e. The van der Waals surface area contributed by atoms with Crippen LogP contribution in [0.25, 0.3) is 11.1 Å². The molecule has 1 aromatic carbocycles. The first-order valence-electron chi connectivity index (χ1n) is 8.08. The summed E-state index contributed by atoms with van der Waals surface area (Å²) >= 11 is 0. The summed E-state index contributed by atoms with van der Waals surface area (Å²) in [4.78, 5) is 14.1. The minimum atomic E-state index is -3.05. The predicted molar refractivity (Wildman–Crippen MR) is 92.1 cm³/mol. The van der Waals surface area contributed by atoms with E-state index in [-0.39, 0.29) is 23.5 Å². The van der Waals surface area contributed by atoms with Gasteiger partial charge in [0, 0.05) is 31.1 Å². The van der Waals surface area contributed by atoms with Gasteiger partial charge in [-0.1, -0.05) is 12.1 Å². The Bertz CT molecular complexity index is 854. The molecule has 0 unspecified atom stereocenters. The lowest BCUT2D eigenvalue weighted by Crippen LogP contribution is -2.43. The van der Waals surface area contributed by atoms with Gasteiger partial charge in [0.05, 0.1) is 11.4 Å². The van der Waals surface area contributed by atoms with Crippen LogP contribution in [-0.2, 0) is 21.2 Å². The second-order valence-electron chi connectivity index (χ2n) is 6.34. The summed E-state index contributed by atoms with van der Waals surface area (Å²) in [5, 5.41) is 3.83. The minimum Gasteiger partial charge on any atom is -0.341 e. The molecule has 25 heavy (non-hydrogen) atoms. The number of hydrogen-bond acceptors (Lipinski definition) is 4. The van der Waals surface area contributed by atoms with Gasteiger partial charge >= 0.3 is 0 Å². The van der Waals surface area contributed by atoms with Gasteiger partial charge in [-0.3, -0.25) is 9.48 Å². The Morgan fingerprint density at radius 2 is 1.84 bits per heavy atom. The van der Waals surface area contributed by atoms with Crippen LogP contribution in [0.4, 0.5) is 4.39 Å². The fourth-order valence-corrected chi connectivity index (χ4v) is 4.08. The van der Waals surface area contributed by atoms with E-state index in [1.807, 2.05) is 0 Å². The molecule has 1 aromatic heterocycles. The Balaban J connectivity index is 1.60. The van der Waals surface area contributed by atoms with Crippen LogP contribution in [0.2, 0.25) is 0 Å². The van der Waals surface area contributed by atoms with Crippen LogP contribution in [0.15, 0.2) is 36.7 Å². The number of aromatic nitrogens is 2. The van der Waals surface area contributed by atoms with Crippen LogP contribution in [0, 0.1) is 5.82 Å². The quantitative estimate of drug-likeness (QED) is 0.827. The molecule has 1 fully saturated rings. The number of halogens is 1. The lowest BCUT2D eigenvalue weighted by Gasteiger charge is -2.31. The summed E-state index contributed by atoms with van der Waals surface area (Å²) in [5.41, 5.74) is 1.64. The van der Waals surface area contributed by atoms with Crippen LogP contribution in [0.5, 0.6) is 0 Å². The van der Waals surface area contributed by atoms with E-state index in [0.29, 0.717) is 25.9 Å². The van der Waals surface area contributed by atoms with Crippen molar-refractivity contribution in [3.63, 3.8) is 0 Å². The Morgan fingerprint density at radius 1 is 1.20 bits per heavy atom. The molecule has 0 bridgehead atoms. The Labute approximate surface area is 146 Å². The lowest BCUT2D eigenvalue weighted by molar-refractivity contribution is -0.132. The van der Waals surface area contributed by atoms with Crippen molar-refractivity contribution in [1.29, 1.82) is 0 Å². The number of hydrogen-bond donors (Lipinski definition) is 0. The van der Waals surface area contributed by atoms with Gasteiger partial charge < -0.3 is 4.90 Å². The highest BCUT2D eigenvalue weighted by Crippen LogP contribution is 2.20. The molecule has 2 aromatic rings. The molecule has 0 N–H and O–H groups in total. The average Bonchev–Trinajstić information content (AvgIpc) is 3.03. The van der Waals surface area contributed by atoms with Crippen molar-refractivity contribution >= 4 is 15.7 Å². The molecule has 2 heterocycles. The van der Waals surface area contributed by atoms with Gasteiger partial charge in [0.15, 0.2) is 0 Å². The van der Waals surface area contributed by atoms with E-state index in [1.165, 1.54) is 18.4 Å². The maximum atomic E-state index is 13.0. The van der Waals surface area contributed by atoms with Crippen LogP contribution < -0.4 is 0 Å². The maximum Gasteiger partial charge on any atom is 0.244 e. The molecule has 1 amide bonds. The normalized spacial score (nSPS) is 16.2. The van der Waals surface area contributed by atoms with Crippen LogP contribution in [-0.4, -0.2) is 53.6 Å². The molecule has 0 saturated carbocycles. The van der Waals surface area contributed by atoms with Crippen molar-refractivity contribution in [2.24, 2.45) is 0 Å². The van der Waals surface area contributed by atoms with Gasteiger partial charge in [-0.2, -0.15) is 5.10 Å². The van der Waals surface area contributed by atoms with E-state index in [0.717, 1.165) is 11.1 Å². The number of nitrogens with zero attached hydrogens (tertiary/aromatic N) is 3. The number of likely N-dealkylation sites (tertiary alicyclic amines) is 1. The van der Waals surface area contributed by atoms with E-state index in [2.05, 4.69) is 5.10 Å². The Kier molecular flexibility index (Phi) is 4.89. The largest absolute Gasteiger partial charge is 0.341 e. The molecule has 1 aliphatic rings. The van der Waals surface area contributed by atoms with Crippen molar-refractivity contribution in [3.8, 4) is 11.1 Å².